The van der Waals surface area contributed by atoms with Gasteiger partial charge in [0.15, 0.2) is 0 Å². The van der Waals surface area contributed by atoms with E-state index in [-0.39, 0.29) is 6.10 Å². The molecule has 0 aromatic carbocycles. The average molecular weight is 244 g/mol. The van der Waals surface area contributed by atoms with Gasteiger partial charge in [-0.15, -0.1) is 0 Å². The van der Waals surface area contributed by atoms with E-state index in [1.54, 1.807) is 28.5 Å². The minimum atomic E-state index is 0.163. The lowest BCUT2D eigenvalue weighted by Gasteiger charge is -2.03. The van der Waals surface area contributed by atoms with Gasteiger partial charge in [0, 0.05) is 0 Å². The zero-order chi connectivity index (χ0) is 11.2. The molecule has 1 saturated heterocycles. The molecule has 16 heavy (non-hydrogen) atoms. The highest BCUT2D eigenvalue weighted by Crippen LogP contribution is 2.39. The maximum Gasteiger partial charge on any atom is 0.142 e. The first-order chi connectivity index (χ1) is 7.88. The first-order valence-electron chi connectivity index (χ1n) is 4.71. The van der Waals surface area contributed by atoms with Gasteiger partial charge in [-0.2, -0.15) is 0 Å². The summed E-state index contributed by atoms with van der Waals surface area (Å²) in [5.41, 5.74) is 0. The van der Waals surface area contributed by atoms with Crippen molar-refractivity contribution >= 4 is 21.6 Å². The van der Waals surface area contributed by atoms with Crippen molar-refractivity contribution in [1.82, 2.24) is 0 Å². The van der Waals surface area contributed by atoms with E-state index in [1.165, 1.54) is 0 Å². The molecule has 1 unspecified atom stereocenters. The zero-order valence-corrected chi connectivity index (χ0v) is 10.3. The lowest BCUT2D eigenvalue weighted by molar-refractivity contribution is 0.445. The summed E-state index contributed by atoms with van der Waals surface area (Å²) < 4.78 is 5.02. The second-order valence-corrected chi connectivity index (χ2v) is 5.16. The number of ether oxygens (including phenoxy) is 1. The molecule has 0 spiro atoms. The summed E-state index contributed by atoms with van der Waals surface area (Å²) in [4.78, 5) is 2.06. The van der Waals surface area contributed by atoms with Gasteiger partial charge in [-0.3, -0.25) is 0 Å². The molecule has 0 aromatic rings. The molecule has 2 rings (SSSR count). The van der Waals surface area contributed by atoms with Crippen LogP contribution in [0.3, 0.4) is 0 Å². The molecule has 2 aliphatic rings. The molecule has 2 heterocycles. The molecule has 0 saturated carbocycles. The van der Waals surface area contributed by atoms with Crippen LogP contribution in [0.5, 0.6) is 0 Å². The highest BCUT2D eigenvalue weighted by atomic mass is 33.1. The quantitative estimate of drug-likeness (QED) is 0.369. The van der Waals surface area contributed by atoms with E-state index < -0.39 is 0 Å². The number of hydrogen-bond donors (Lipinski definition) is 0. The molecular formula is C13H8OS2. The van der Waals surface area contributed by atoms with Crippen molar-refractivity contribution < 1.29 is 4.74 Å². The third-order valence-electron chi connectivity index (χ3n) is 1.67. The van der Waals surface area contributed by atoms with Crippen LogP contribution in [0.4, 0.5) is 0 Å². The standard InChI is InChI=1S/C13H8OS2/c1-2-3-4-5-12-8-9-13(16-15-12)7-6-11-10-14-11/h8-9,11H,10H2,1H3. The molecule has 0 amide bonds. The van der Waals surface area contributed by atoms with Crippen molar-refractivity contribution in [3.8, 4) is 35.5 Å². The number of epoxide rings is 1. The van der Waals surface area contributed by atoms with Crippen molar-refractivity contribution in [2.24, 2.45) is 0 Å². The van der Waals surface area contributed by atoms with E-state index in [0.717, 1.165) is 16.4 Å². The van der Waals surface area contributed by atoms with E-state index in [1.807, 2.05) is 12.2 Å². The second-order valence-electron chi connectivity index (χ2n) is 2.94. The summed E-state index contributed by atoms with van der Waals surface area (Å²) in [7, 11) is 3.25. The fourth-order valence-electron chi connectivity index (χ4n) is 0.860. The molecule has 1 atom stereocenters. The highest BCUT2D eigenvalue weighted by molar-refractivity contribution is 8.79. The molecule has 2 aliphatic heterocycles. The number of rotatable bonds is 0. The minimum Gasteiger partial charge on any atom is -0.359 e. The molecule has 0 radical (unpaired) electrons. The van der Waals surface area contributed by atoms with Gasteiger partial charge >= 0.3 is 0 Å². The van der Waals surface area contributed by atoms with Crippen LogP contribution in [-0.2, 0) is 4.74 Å². The fraction of sp³-hybridized carbons (Fsp3) is 0.231. The van der Waals surface area contributed by atoms with Crippen molar-refractivity contribution in [3.05, 3.63) is 22.0 Å². The Bertz CT molecular complexity index is 519. The molecule has 0 aromatic heterocycles. The van der Waals surface area contributed by atoms with Crippen molar-refractivity contribution in [3.63, 3.8) is 0 Å². The summed E-state index contributed by atoms with van der Waals surface area (Å²) >= 11 is 0. The van der Waals surface area contributed by atoms with Gasteiger partial charge in [0.05, 0.1) is 16.4 Å². The Balaban J connectivity index is 1.99. The van der Waals surface area contributed by atoms with Gasteiger partial charge in [-0.05, 0) is 58.4 Å². The van der Waals surface area contributed by atoms with E-state index in [0.29, 0.717) is 0 Å². The van der Waals surface area contributed by atoms with Gasteiger partial charge in [-0.25, -0.2) is 0 Å². The lowest BCUT2D eigenvalue weighted by atomic mass is 10.4. The van der Waals surface area contributed by atoms with Gasteiger partial charge in [0.1, 0.15) is 6.10 Å². The van der Waals surface area contributed by atoms with Crippen LogP contribution in [-0.4, -0.2) is 12.7 Å². The molecule has 78 valence electrons. The highest BCUT2D eigenvalue weighted by Gasteiger charge is 2.18. The van der Waals surface area contributed by atoms with Gasteiger partial charge in [0.25, 0.3) is 0 Å². The first kappa shape index (κ1) is 11.3. The lowest BCUT2D eigenvalue weighted by Crippen LogP contribution is -1.80. The fourth-order valence-corrected chi connectivity index (χ4v) is 2.60. The maximum absolute atomic E-state index is 5.02. The Morgan fingerprint density at radius 1 is 1.19 bits per heavy atom. The Hall–Kier alpha value is -1.18. The largest absolute Gasteiger partial charge is 0.359 e. The van der Waals surface area contributed by atoms with Crippen LogP contribution in [0.1, 0.15) is 6.92 Å². The normalized spacial score (nSPS) is 20.9. The Kier molecular flexibility index (Phi) is 4.09. The molecule has 0 N–H and O–H groups in total. The van der Waals surface area contributed by atoms with E-state index in [9.17, 15) is 0 Å². The van der Waals surface area contributed by atoms with Crippen molar-refractivity contribution in [1.29, 1.82) is 0 Å². The average Bonchev–Trinajstić information content (AvgIpc) is 3.12. The van der Waals surface area contributed by atoms with Crippen LogP contribution in [0.15, 0.2) is 22.0 Å². The van der Waals surface area contributed by atoms with Gasteiger partial charge < -0.3 is 4.74 Å². The molecular weight excluding hydrogens is 236 g/mol. The summed E-state index contributed by atoms with van der Waals surface area (Å²) in [5, 5.41) is 0. The van der Waals surface area contributed by atoms with E-state index >= 15 is 0 Å². The Morgan fingerprint density at radius 2 is 1.88 bits per heavy atom. The molecule has 0 bridgehead atoms. The summed E-state index contributed by atoms with van der Waals surface area (Å²) in [5.74, 6) is 17.3. The third-order valence-corrected chi connectivity index (χ3v) is 3.92. The van der Waals surface area contributed by atoms with E-state index in [4.69, 9.17) is 4.74 Å². The molecule has 1 nitrogen and oxygen atoms in total. The van der Waals surface area contributed by atoms with Crippen molar-refractivity contribution in [2.45, 2.75) is 13.0 Å². The maximum atomic E-state index is 5.02. The van der Waals surface area contributed by atoms with Crippen molar-refractivity contribution in [2.75, 3.05) is 6.61 Å². The second kappa shape index (κ2) is 5.78. The summed E-state index contributed by atoms with van der Waals surface area (Å²) in [6, 6.07) is 0. The third kappa shape index (κ3) is 3.76. The van der Waals surface area contributed by atoms with Gasteiger partial charge in [-0.1, -0.05) is 17.8 Å². The van der Waals surface area contributed by atoms with Crippen LogP contribution < -0.4 is 0 Å². The zero-order valence-electron chi connectivity index (χ0n) is 8.66. The van der Waals surface area contributed by atoms with Crippen LogP contribution >= 0.6 is 21.6 Å². The Morgan fingerprint density at radius 3 is 2.44 bits per heavy atom. The predicted octanol–water partition coefficient (Wildman–Crippen LogP) is 2.58. The minimum absolute atomic E-state index is 0.163. The van der Waals surface area contributed by atoms with E-state index in [2.05, 4.69) is 35.5 Å². The van der Waals surface area contributed by atoms with Crippen LogP contribution in [0.25, 0.3) is 0 Å². The summed E-state index contributed by atoms with van der Waals surface area (Å²) in [6.07, 6.45) is 4.12. The topological polar surface area (TPSA) is 12.5 Å². The first-order valence-corrected chi connectivity index (χ1v) is 6.86. The molecule has 3 heteroatoms. The smallest absolute Gasteiger partial charge is 0.142 e. The Labute approximate surface area is 103 Å². The number of allylic oxidation sites excluding steroid dienone is 4. The SMILES string of the molecule is CC#CC#CC1=CC=C(C#CC2CO2)SS1. The monoisotopic (exact) mass is 244 g/mol. The van der Waals surface area contributed by atoms with Gasteiger partial charge in [0.2, 0.25) is 0 Å². The van der Waals surface area contributed by atoms with Crippen LogP contribution in [0.2, 0.25) is 0 Å². The molecule has 1 fully saturated rings. The predicted molar refractivity (Wildman–Crippen MR) is 70.1 cm³/mol. The summed E-state index contributed by atoms with van der Waals surface area (Å²) in [6.45, 7) is 2.56. The number of hydrogen-bond acceptors (Lipinski definition) is 3. The van der Waals surface area contributed by atoms with Crippen LogP contribution in [0, 0.1) is 35.5 Å². The molecule has 0 aliphatic carbocycles.